The molecule has 32 heavy (non-hydrogen) atoms. The van der Waals surface area contributed by atoms with E-state index in [1.54, 1.807) is 7.11 Å². The highest BCUT2D eigenvalue weighted by Crippen LogP contribution is 2.39. The number of methoxy groups -OCH3 is 1. The topological polar surface area (TPSA) is 49.1 Å². The van der Waals surface area contributed by atoms with Crippen LogP contribution in [0.4, 0.5) is 5.82 Å². The van der Waals surface area contributed by atoms with E-state index in [2.05, 4.69) is 63.5 Å². The van der Waals surface area contributed by atoms with Gasteiger partial charge in [-0.05, 0) is 57.1 Å². The molecule has 5 heterocycles. The van der Waals surface area contributed by atoms with Crippen LogP contribution in [0.3, 0.4) is 0 Å². The van der Waals surface area contributed by atoms with Gasteiger partial charge < -0.3 is 14.5 Å². The summed E-state index contributed by atoms with van der Waals surface area (Å²) in [5, 5.41) is 0. The van der Waals surface area contributed by atoms with Gasteiger partial charge in [-0.25, -0.2) is 4.98 Å². The van der Waals surface area contributed by atoms with Crippen molar-refractivity contribution in [1.82, 2.24) is 24.2 Å². The summed E-state index contributed by atoms with van der Waals surface area (Å²) >= 11 is 0. The van der Waals surface area contributed by atoms with E-state index in [4.69, 9.17) is 14.7 Å². The lowest BCUT2D eigenvalue weighted by Gasteiger charge is -2.34. The molecule has 0 radical (unpaired) electrons. The van der Waals surface area contributed by atoms with Crippen LogP contribution in [0.2, 0.25) is 0 Å². The minimum atomic E-state index is 0.106. The number of rotatable bonds is 6. The minimum absolute atomic E-state index is 0.106. The lowest BCUT2D eigenvalue weighted by atomic mass is 10.0. The number of hydrogen-bond acceptors (Lipinski definition) is 6. The maximum atomic E-state index is 5.71. The Kier molecular flexibility index (Phi) is 6.13. The van der Waals surface area contributed by atoms with Gasteiger partial charge in [-0.3, -0.25) is 14.3 Å². The highest BCUT2D eigenvalue weighted by Gasteiger charge is 2.35. The molecule has 0 bridgehead atoms. The standard InChI is InChI=1S/C25H34N6O/c1-19-7-5-11-26-25(19)21-8-6-12-30(21)22(18-32-3)20-17-31-23(27-20)9-4-10-24(31)29-15-13-28(2)14-16-29/h4-5,7,9-11,17,21-22H,6,8,12-16,18H2,1-3H3. The Morgan fingerprint density at radius 1 is 1.09 bits per heavy atom. The number of aromatic nitrogens is 3. The number of hydrogen-bond donors (Lipinski definition) is 0. The van der Waals surface area contributed by atoms with Gasteiger partial charge in [-0.1, -0.05) is 12.1 Å². The molecule has 7 nitrogen and oxygen atoms in total. The number of likely N-dealkylation sites (tertiary alicyclic amines) is 1. The fraction of sp³-hybridized carbons (Fsp3) is 0.520. The quantitative estimate of drug-likeness (QED) is 0.593. The predicted molar refractivity (Wildman–Crippen MR) is 127 cm³/mol. The monoisotopic (exact) mass is 434 g/mol. The van der Waals surface area contributed by atoms with Crippen molar-refractivity contribution in [2.75, 3.05) is 58.4 Å². The second-order valence-corrected chi connectivity index (χ2v) is 9.14. The van der Waals surface area contributed by atoms with Crippen LogP contribution in [0, 0.1) is 6.92 Å². The van der Waals surface area contributed by atoms with Crippen LogP contribution < -0.4 is 4.90 Å². The first-order chi connectivity index (χ1) is 15.7. The molecule has 170 valence electrons. The van der Waals surface area contributed by atoms with Crippen LogP contribution in [0.1, 0.15) is 41.9 Å². The summed E-state index contributed by atoms with van der Waals surface area (Å²) in [6.45, 7) is 8.07. The molecule has 2 aliphatic heterocycles. The Balaban J connectivity index is 1.49. The van der Waals surface area contributed by atoms with Crippen LogP contribution in [0.15, 0.2) is 42.7 Å². The Morgan fingerprint density at radius 2 is 1.94 bits per heavy atom. The molecule has 2 atom stereocenters. The smallest absolute Gasteiger partial charge is 0.138 e. The molecule has 2 unspecified atom stereocenters. The van der Waals surface area contributed by atoms with Crippen molar-refractivity contribution in [3.8, 4) is 0 Å². The molecule has 0 saturated carbocycles. The molecule has 5 rings (SSSR count). The first-order valence-electron chi connectivity index (χ1n) is 11.7. The molecule has 0 N–H and O–H groups in total. The van der Waals surface area contributed by atoms with E-state index >= 15 is 0 Å². The first-order valence-corrected chi connectivity index (χ1v) is 11.7. The van der Waals surface area contributed by atoms with E-state index < -0.39 is 0 Å². The third-order valence-corrected chi connectivity index (χ3v) is 7.04. The fourth-order valence-corrected chi connectivity index (χ4v) is 5.28. The fourth-order valence-electron chi connectivity index (χ4n) is 5.28. The molecule has 0 aliphatic carbocycles. The largest absolute Gasteiger partial charge is 0.383 e. The number of pyridine rings is 2. The molecular weight excluding hydrogens is 400 g/mol. The number of aryl methyl sites for hydroxylation is 1. The maximum absolute atomic E-state index is 5.71. The van der Waals surface area contributed by atoms with Crippen molar-refractivity contribution in [3.63, 3.8) is 0 Å². The Morgan fingerprint density at radius 3 is 2.72 bits per heavy atom. The second-order valence-electron chi connectivity index (χ2n) is 9.14. The Labute approximate surface area is 190 Å². The summed E-state index contributed by atoms with van der Waals surface area (Å²) in [5.41, 5.74) is 4.53. The zero-order valence-electron chi connectivity index (χ0n) is 19.4. The summed E-state index contributed by atoms with van der Waals surface area (Å²) in [5.74, 6) is 1.23. The Bertz CT molecular complexity index is 1060. The molecule has 3 aromatic heterocycles. The second kappa shape index (κ2) is 9.17. The van der Waals surface area contributed by atoms with E-state index in [1.165, 1.54) is 23.5 Å². The third kappa shape index (κ3) is 4.00. The summed E-state index contributed by atoms with van der Waals surface area (Å²) in [6.07, 6.45) is 6.43. The number of nitrogens with zero attached hydrogens (tertiary/aromatic N) is 6. The average Bonchev–Trinajstić information content (AvgIpc) is 3.45. The van der Waals surface area contributed by atoms with Crippen molar-refractivity contribution in [2.24, 2.45) is 0 Å². The van der Waals surface area contributed by atoms with E-state index in [0.29, 0.717) is 12.6 Å². The summed E-state index contributed by atoms with van der Waals surface area (Å²) in [4.78, 5) is 17.2. The van der Waals surface area contributed by atoms with Gasteiger partial charge >= 0.3 is 0 Å². The molecule has 2 fully saturated rings. The van der Waals surface area contributed by atoms with E-state index in [-0.39, 0.29) is 6.04 Å². The molecule has 3 aromatic rings. The molecule has 2 saturated heterocycles. The SMILES string of the molecule is COCC(c1cn2c(N3CCN(C)CC3)cccc2n1)N1CCCC1c1ncccc1C. The molecule has 7 heteroatoms. The van der Waals surface area contributed by atoms with Crippen LogP contribution in [-0.2, 0) is 4.74 Å². The normalized spacial score (nSPS) is 21.5. The summed E-state index contributed by atoms with van der Waals surface area (Å²) in [7, 11) is 3.98. The third-order valence-electron chi connectivity index (χ3n) is 7.04. The van der Waals surface area contributed by atoms with Gasteiger partial charge in [0.25, 0.3) is 0 Å². The van der Waals surface area contributed by atoms with Gasteiger partial charge in [0.15, 0.2) is 0 Å². The number of piperazine rings is 1. The van der Waals surface area contributed by atoms with Gasteiger partial charge in [-0.2, -0.15) is 0 Å². The average molecular weight is 435 g/mol. The maximum Gasteiger partial charge on any atom is 0.138 e. The zero-order chi connectivity index (χ0) is 22.1. The van der Waals surface area contributed by atoms with Gasteiger partial charge in [0, 0.05) is 45.7 Å². The number of likely N-dealkylation sites (N-methyl/N-ethyl adjacent to an activating group) is 1. The summed E-state index contributed by atoms with van der Waals surface area (Å²) < 4.78 is 7.98. The number of fused-ring (bicyclic) bond motifs is 1. The number of anilines is 1. The van der Waals surface area contributed by atoms with Crippen LogP contribution >= 0.6 is 0 Å². The van der Waals surface area contributed by atoms with E-state index in [1.807, 2.05) is 12.3 Å². The van der Waals surface area contributed by atoms with Gasteiger partial charge in [0.1, 0.15) is 11.5 Å². The van der Waals surface area contributed by atoms with Crippen molar-refractivity contribution in [1.29, 1.82) is 0 Å². The zero-order valence-corrected chi connectivity index (χ0v) is 19.4. The molecular formula is C25H34N6O. The molecule has 2 aliphatic rings. The van der Waals surface area contributed by atoms with Crippen molar-refractivity contribution >= 4 is 11.5 Å². The molecule has 0 amide bonds. The molecule has 0 aromatic carbocycles. The van der Waals surface area contributed by atoms with Crippen molar-refractivity contribution in [2.45, 2.75) is 31.8 Å². The summed E-state index contributed by atoms with van der Waals surface area (Å²) in [6, 6.07) is 11.0. The highest BCUT2D eigenvalue weighted by atomic mass is 16.5. The number of imidazole rings is 1. The van der Waals surface area contributed by atoms with Gasteiger partial charge in [0.05, 0.1) is 30.1 Å². The van der Waals surface area contributed by atoms with E-state index in [0.717, 1.165) is 50.5 Å². The van der Waals surface area contributed by atoms with Crippen LogP contribution in [0.5, 0.6) is 0 Å². The van der Waals surface area contributed by atoms with Crippen molar-refractivity contribution in [3.05, 3.63) is 59.7 Å². The minimum Gasteiger partial charge on any atom is -0.383 e. The highest BCUT2D eigenvalue weighted by molar-refractivity contribution is 5.53. The van der Waals surface area contributed by atoms with Gasteiger partial charge in [0.2, 0.25) is 0 Å². The lowest BCUT2D eigenvalue weighted by molar-refractivity contribution is 0.0780. The molecule has 0 spiro atoms. The van der Waals surface area contributed by atoms with Crippen molar-refractivity contribution < 1.29 is 4.74 Å². The predicted octanol–water partition coefficient (Wildman–Crippen LogP) is 3.31. The Hall–Kier alpha value is -2.48. The number of ether oxygens (including phenoxy) is 1. The lowest BCUT2D eigenvalue weighted by Crippen LogP contribution is -2.45. The van der Waals surface area contributed by atoms with Crippen LogP contribution in [-0.4, -0.2) is 77.7 Å². The van der Waals surface area contributed by atoms with Gasteiger partial charge in [-0.15, -0.1) is 0 Å². The first kappa shape index (κ1) is 21.4. The van der Waals surface area contributed by atoms with Crippen LogP contribution in [0.25, 0.3) is 5.65 Å². The van der Waals surface area contributed by atoms with E-state index in [9.17, 15) is 0 Å².